The first kappa shape index (κ1) is 32.1. The fourth-order valence-corrected chi connectivity index (χ4v) is 4.68. The lowest BCUT2D eigenvalue weighted by molar-refractivity contribution is -0.140. The Kier molecular flexibility index (Phi) is 11.4. The van der Waals surface area contributed by atoms with Gasteiger partial charge >= 0.3 is 12.1 Å². The van der Waals surface area contributed by atoms with Gasteiger partial charge in [0.05, 0.1) is 13.0 Å². The summed E-state index contributed by atoms with van der Waals surface area (Å²) < 4.78 is 11.7. The van der Waals surface area contributed by atoms with Crippen LogP contribution in [0.15, 0.2) is 54.6 Å². The van der Waals surface area contributed by atoms with Crippen molar-refractivity contribution in [1.82, 2.24) is 15.5 Å². The number of likely N-dealkylation sites (tertiary alicyclic amines) is 1. The Labute approximate surface area is 244 Å². The highest BCUT2D eigenvalue weighted by atomic mass is 16.6. The van der Waals surface area contributed by atoms with Crippen LogP contribution < -0.4 is 21.1 Å². The highest BCUT2D eigenvalue weighted by Gasteiger charge is 2.44. The Morgan fingerprint density at radius 2 is 1.71 bits per heavy atom. The van der Waals surface area contributed by atoms with Crippen LogP contribution >= 0.6 is 0 Å². The second kappa shape index (κ2) is 15.0. The van der Waals surface area contributed by atoms with Crippen molar-refractivity contribution in [2.75, 3.05) is 0 Å². The maximum absolute atomic E-state index is 13.6. The third-order valence-electron chi connectivity index (χ3n) is 6.71. The number of aliphatic carboxylic acids is 1. The number of rotatable bonds is 13. The molecule has 0 bridgehead atoms. The van der Waals surface area contributed by atoms with Gasteiger partial charge in [0.25, 0.3) is 0 Å². The van der Waals surface area contributed by atoms with E-state index in [9.17, 15) is 24.0 Å². The number of primary amides is 1. The molecule has 4 atom stereocenters. The maximum atomic E-state index is 13.6. The zero-order chi connectivity index (χ0) is 30.8. The van der Waals surface area contributed by atoms with Gasteiger partial charge in [-0.3, -0.25) is 24.1 Å². The van der Waals surface area contributed by atoms with E-state index in [1.165, 1.54) is 4.90 Å². The number of hydrogen-bond donors (Lipinski definition) is 4. The van der Waals surface area contributed by atoms with Crippen LogP contribution in [0, 0.1) is 12.8 Å². The second-order valence-corrected chi connectivity index (χ2v) is 10.7. The fraction of sp³-hybridized carbons (Fsp3) is 0.433. The van der Waals surface area contributed by atoms with E-state index in [1.54, 1.807) is 18.2 Å². The summed E-state index contributed by atoms with van der Waals surface area (Å²) >= 11 is 0. The molecular formula is C30H38N4O8. The zero-order valence-electron chi connectivity index (χ0n) is 23.9. The topological polar surface area (TPSA) is 177 Å². The summed E-state index contributed by atoms with van der Waals surface area (Å²) in [5.41, 5.74) is 7.04. The van der Waals surface area contributed by atoms with Crippen LogP contribution in [-0.2, 0) is 30.5 Å². The maximum Gasteiger partial charge on any atom is 0.417 e. The molecule has 2 aromatic carbocycles. The predicted molar refractivity (Wildman–Crippen MR) is 152 cm³/mol. The lowest BCUT2D eigenvalue weighted by atomic mass is 10.0. The standard InChI is InChI=1S/C30H38N4O8/c1-18(2)14-23(28(38)32-22(27(31)37)16-26(35)36)33-29(39)24-12-13-25(41-17-20-9-5-4-6-10-20)34(24)30(40)42-21-11-7-8-19(3)15-21/h4-11,15,18,22-25H,12-14,16-17H2,1-3H3,(H2,31,37)(H,32,38)(H,33,39)(H,35,36)/t22-,23-,24?,25?/m0/s1. The van der Waals surface area contributed by atoms with E-state index in [-0.39, 0.29) is 25.4 Å². The minimum absolute atomic E-state index is 0.0551. The molecule has 1 fully saturated rings. The number of carboxylic acid groups (broad SMARTS) is 1. The summed E-state index contributed by atoms with van der Waals surface area (Å²) in [7, 11) is 0. The molecule has 226 valence electrons. The smallest absolute Gasteiger partial charge is 0.417 e. The number of ether oxygens (including phenoxy) is 2. The van der Waals surface area contributed by atoms with Gasteiger partial charge in [0.15, 0.2) is 0 Å². The summed E-state index contributed by atoms with van der Waals surface area (Å²) in [4.78, 5) is 64.2. The van der Waals surface area contributed by atoms with Crippen molar-refractivity contribution in [3.8, 4) is 5.75 Å². The third kappa shape index (κ3) is 9.30. The van der Waals surface area contributed by atoms with Crippen LogP contribution in [0.25, 0.3) is 0 Å². The summed E-state index contributed by atoms with van der Waals surface area (Å²) in [6, 6.07) is 12.7. The predicted octanol–water partition coefficient (Wildman–Crippen LogP) is 2.48. The monoisotopic (exact) mass is 582 g/mol. The molecule has 0 aliphatic carbocycles. The molecule has 42 heavy (non-hydrogen) atoms. The van der Waals surface area contributed by atoms with Gasteiger partial charge in [0, 0.05) is 0 Å². The molecule has 0 spiro atoms. The van der Waals surface area contributed by atoms with E-state index in [0.29, 0.717) is 12.2 Å². The van der Waals surface area contributed by atoms with Gasteiger partial charge in [0.2, 0.25) is 17.7 Å². The second-order valence-electron chi connectivity index (χ2n) is 10.7. The molecule has 1 aliphatic rings. The molecule has 1 aliphatic heterocycles. The van der Waals surface area contributed by atoms with Crippen molar-refractivity contribution in [2.45, 2.75) is 77.4 Å². The quantitative estimate of drug-likeness (QED) is 0.278. The fourth-order valence-electron chi connectivity index (χ4n) is 4.68. The van der Waals surface area contributed by atoms with Crippen molar-refractivity contribution in [2.24, 2.45) is 11.7 Å². The van der Waals surface area contributed by atoms with Gasteiger partial charge in [-0.25, -0.2) is 4.79 Å². The van der Waals surface area contributed by atoms with Crippen LogP contribution in [0.2, 0.25) is 0 Å². The Balaban J connectivity index is 1.80. The largest absolute Gasteiger partial charge is 0.481 e. The van der Waals surface area contributed by atoms with E-state index < -0.39 is 60.6 Å². The number of carbonyl (C=O) groups excluding carboxylic acids is 4. The van der Waals surface area contributed by atoms with Gasteiger partial charge in [-0.15, -0.1) is 0 Å². The molecule has 1 saturated heterocycles. The molecular weight excluding hydrogens is 544 g/mol. The number of carboxylic acids is 1. The van der Waals surface area contributed by atoms with Crippen molar-refractivity contribution in [1.29, 1.82) is 0 Å². The number of benzene rings is 2. The van der Waals surface area contributed by atoms with Gasteiger partial charge in [-0.2, -0.15) is 0 Å². The molecule has 12 nitrogen and oxygen atoms in total. The van der Waals surface area contributed by atoms with Gasteiger partial charge in [-0.1, -0.05) is 56.3 Å². The van der Waals surface area contributed by atoms with Crippen molar-refractivity contribution in [3.63, 3.8) is 0 Å². The van der Waals surface area contributed by atoms with Crippen molar-refractivity contribution >= 4 is 29.8 Å². The van der Waals surface area contributed by atoms with Crippen molar-refractivity contribution in [3.05, 3.63) is 65.7 Å². The highest BCUT2D eigenvalue weighted by molar-refractivity contribution is 5.94. The first-order valence-electron chi connectivity index (χ1n) is 13.8. The molecule has 4 amide bonds. The molecule has 0 saturated carbocycles. The Hall–Kier alpha value is -4.45. The van der Waals surface area contributed by atoms with Crippen LogP contribution in [0.3, 0.4) is 0 Å². The summed E-state index contributed by atoms with van der Waals surface area (Å²) in [6.45, 7) is 5.73. The zero-order valence-corrected chi connectivity index (χ0v) is 23.9. The van der Waals surface area contributed by atoms with Gasteiger partial charge < -0.3 is 30.9 Å². The average molecular weight is 583 g/mol. The average Bonchev–Trinajstić information content (AvgIpc) is 3.35. The number of carbonyl (C=O) groups is 5. The van der Waals surface area contributed by atoms with Gasteiger partial charge in [-0.05, 0) is 55.4 Å². The Morgan fingerprint density at radius 3 is 2.33 bits per heavy atom. The number of aryl methyl sites for hydroxylation is 1. The summed E-state index contributed by atoms with van der Waals surface area (Å²) in [5.74, 6) is -3.46. The normalized spacial score (nSPS) is 17.8. The SMILES string of the molecule is Cc1cccc(OC(=O)N2C(OCc3ccccc3)CCC2C(=O)N[C@@H](CC(C)C)C(=O)N[C@@H](CC(=O)O)C(N)=O)c1. The minimum Gasteiger partial charge on any atom is -0.481 e. The van der Waals surface area contributed by atoms with E-state index in [2.05, 4.69) is 10.6 Å². The van der Waals surface area contributed by atoms with Crippen LogP contribution in [0.4, 0.5) is 4.79 Å². The van der Waals surface area contributed by atoms with Gasteiger partial charge in [0.1, 0.15) is 30.1 Å². The van der Waals surface area contributed by atoms with E-state index in [4.69, 9.17) is 20.3 Å². The molecule has 2 aromatic rings. The molecule has 0 radical (unpaired) electrons. The van der Waals surface area contributed by atoms with E-state index in [0.717, 1.165) is 11.1 Å². The first-order valence-corrected chi connectivity index (χ1v) is 13.8. The number of nitrogens with zero attached hydrogens (tertiary/aromatic N) is 1. The number of nitrogens with one attached hydrogen (secondary N) is 2. The van der Waals surface area contributed by atoms with Crippen LogP contribution in [-0.4, -0.2) is 64.1 Å². The number of hydrogen-bond acceptors (Lipinski definition) is 7. The molecule has 0 aromatic heterocycles. The first-order chi connectivity index (χ1) is 19.9. The van der Waals surface area contributed by atoms with Crippen LogP contribution in [0.1, 0.15) is 50.7 Å². The molecule has 2 unspecified atom stereocenters. The minimum atomic E-state index is -1.45. The summed E-state index contributed by atoms with van der Waals surface area (Å²) in [5, 5.41) is 14.1. The molecule has 1 heterocycles. The van der Waals surface area contributed by atoms with E-state index >= 15 is 0 Å². The molecule has 12 heteroatoms. The Bertz CT molecular complexity index is 1270. The molecule has 3 rings (SSSR count). The summed E-state index contributed by atoms with van der Waals surface area (Å²) in [6.07, 6.45) is -1.48. The lowest BCUT2D eigenvalue weighted by Crippen LogP contribution is -2.57. The lowest BCUT2D eigenvalue weighted by Gasteiger charge is -2.30. The van der Waals surface area contributed by atoms with Crippen LogP contribution in [0.5, 0.6) is 5.75 Å². The highest BCUT2D eigenvalue weighted by Crippen LogP contribution is 2.28. The number of nitrogens with two attached hydrogens (primary N) is 1. The van der Waals surface area contributed by atoms with Crippen molar-refractivity contribution < 1.29 is 38.6 Å². The number of amides is 4. The van der Waals surface area contributed by atoms with E-state index in [1.807, 2.05) is 57.2 Å². The molecule has 5 N–H and O–H groups in total. The third-order valence-corrected chi connectivity index (χ3v) is 6.71. The Morgan fingerprint density at radius 1 is 1.00 bits per heavy atom.